The molecule has 180 valence electrons. The third-order valence-corrected chi connectivity index (χ3v) is 7.38. The van der Waals surface area contributed by atoms with E-state index in [2.05, 4.69) is 74.7 Å². The molecule has 0 spiro atoms. The number of halogens is 2. The van der Waals surface area contributed by atoms with E-state index in [9.17, 15) is 4.79 Å². The van der Waals surface area contributed by atoms with Crippen molar-refractivity contribution in [2.24, 2.45) is 0 Å². The summed E-state index contributed by atoms with van der Waals surface area (Å²) >= 11 is 9.76. The third kappa shape index (κ3) is 7.08. The second kappa shape index (κ2) is 12.1. The fourth-order valence-corrected chi connectivity index (χ4v) is 5.11. The van der Waals surface area contributed by atoms with Gasteiger partial charge in [-0.25, -0.2) is 0 Å². The van der Waals surface area contributed by atoms with Crippen LogP contribution in [0.1, 0.15) is 42.3 Å². The van der Waals surface area contributed by atoms with Crippen LogP contribution < -0.4 is 5.32 Å². The highest BCUT2D eigenvalue weighted by Gasteiger charge is 2.16. The molecule has 0 unspecified atom stereocenters. The van der Waals surface area contributed by atoms with Crippen LogP contribution in [0.15, 0.2) is 78.0 Å². The molecule has 0 fully saturated rings. The fourth-order valence-electron chi connectivity index (χ4n) is 3.71. The normalized spacial score (nSPS) is 11.1. The summed E-state index contributed by atoms with van der Waals surface area (Å²) in [6, 6.07) is 24.1. The summed E-state index contributed by atoms with van der Waals surface area (Å²) < 4.78 is 3.23. The van der Waals surface area contributed by atoms with Gasteiger partial charge in [0.2, 0.25) is 5.91 Å². The molecule has 35 heavy (non-hydrogen) atoms. The Balaban J connectivity index is 1.51. The Morgan fingerprint density at radius 2 is 1.77 bits per heavy atom. The van der Waals surface area contributed by atoms with Crippen LogP contribution in [0.3, 0.4) is 0 Å². The maximum Gasteiger partial charge on any atom is 0.234 e. The first-order chi connectivity index (χ1) is 16.9. The van der Waals surface area contributed by atoms with Gasteiger partial charge >= 0.3 is 0 Å². The molecule has 0 aliphatic carbocycles. The zero-order valence-corrected chi connectivity index (χ0v) is 23.3. The van der Waals surface area contributed by atoms with Crippen LogP contribution in [-0.4, -0.2) is 26.4 Å². The van der Waals surface area contributed by atoms with Crippen molar-refractivity contribution in [2.75, 3.05) is 11.1 Å². The summed E-state index contributed by atoms with van der Waals surface area (Å²) in [6.45, 7) is 4.86. The maximum atomic E-state index is 12.8. The van der Waals surface area contributed by atoms with Crippen LogP contribution in [0.2, 0.25) is 5.02 Å². The first-order valence-corrected chi connectivity index (χ1v) is 13.8. The van der Waals surface area contributed by atoms with Gasteiger partial charge in [0.1, 0.15) is 5.82 Å². The van der Waals surface area contributed by atoms with Gasteiger partial charge in [0.05, 0.1) is 12.3 Å². The molecule has 1 N–H and O–H groups in total. The lowest BCUT2D eigenvalue weighted by Gasteiger charge is -2.14. The maximum absolute atomic E-state index is 12.8. The van der Waals surface area contributed by atoms with Gasteiger partial charge in [-0.3, -0.25) is 4.79 Å². The molecule has 0 bridgehead atoms. The highest BCUT2D eigenvalue weighted by atomic mass is 127. The van der Waals surface area contributed by atoms with Crippen LogP contribution in [0.25, 0.3) is 0 Å². The number of benzene rings is 3. The number of nitrogens with one attached hydrogen (secondary N) is 1. The van der Waals surface area contributed by atoms with Crippen LogP contribution in [0.4, 0.5) is 5.69 Å². The zero-order valence-electron chi connectivity index (χ0n) is 19.5. The smallest absolute Gasteiger partial charge is 0.234 e. The molecule has 0 saturated carbocycles. The Labute approximate surface area is 228 Å². The first-order valence-electron chi connectivity index (χ1n) is 11.3. The third-order valence-electron chi connectivity index (χ3n) is 5.49. The molecule has 4 aromatic rings. The van der Waals surface area contributed by atoms with E-state index in [0.717, 1.165) is 31.8 Å². The van der Waals surface area contributed by atoms with Crippen molar-refractivity contribution in [1.82, 2.24) is 14.8 Å². The minimum atomic E-state index is -0.0660. The minimum absolute atomic E-state index is 0.0660. The molecule has 3 aromatic carbocycles. The monoisotopic (exact) mass is 616 g/mol. The fraction of sp³-hybridized carbons (Fsp3) is 0.222. The number of hydrogen-bond acceptors (Lipinski definition) is 4. The summed E-state index contributed by atoms with van der Waals surface area (Å²) in [5, 5.41) is 13.4. The second-order valence-corrected chi connectivity index (χ2v) is 11.1. The van der Waals surface area contributed by atoms with E-state index in [4.69, 9.17) is 11.6 Å². The van der Waals surface area contributed by atoms with Gasteiger partial charge in [-0.05, 0) is 75.5 Å². The van der Waals surface area contributed by atoms with E-state index in [1.54, 1.807) is 0 Å². The summed E-state index contributed by atoms with van der Waals surface area (Å²) in [4.78, 5) is 12.8. The standard InChI is InChI=1S/C27H26ClIN4OS/c1-18(2)23-15-22(29)12-13-24(23)30-26(34)17-35-27-32-31-25(14-19-6-4-3-5-7-19)33(27)16-20-8-10-21(28)11-9-20/h3-13,15,18H,14,16-17H2,1-2H3,(H,30,34). The molecule has 1 aromatic heterocycles. The van der Waals surface area contributed by atoms with E-state index in [0.29, 0.717) is 29.1 Å². The summed E-state index contributed by atoms with van der Waals surface area (Å²) in [6.07, 6.45) is 0.661. The Hall–Kier alpha value is -2.36. The number of anilines is 1. The zero-order chi connectivity index (χ0) is 24.8. The van der Waals surface area contributed by atoms with Crippen molar-refractivity contribution in [3.05, 3.63) is 104 Å². The van der Waals surface area contributed by atoms with Crippen LogP contribution >= 0.6 is 46.0 Å². The summed E-state index contributed by atoms with van der Waals surface area (Å²) in [7, 11) is 0. The van der Waals surface area contributed by atoms with Gasteiger partial charge in [-0.15, -0.1) is 10.2 Å². The van der Waals surface area contributed by atoms with Crippen molar-refractivity contribution in [1.29, 1.82) is 0 Å². The second-order valence-electron chi connectivity index (χ2n) is 8.50. The SMILES string of the molecule is CC(C)c1cc(I)ccc1NC(=O)CSc1nnc(Cc2ccccc2)n1Cc1ccc(Cl)cc1. The molecule has 5 nitrogen and oxygen atoms in total. The number of rotatable bonds is 9. The number of carbonyl (C=O) groups is 1. The molecule has 1 amide bonds. The average molecular weight is 617 g/mol. The van der Waals surface area contributed by atoms with Crippen molar-refractivity contribution in [2.45, 2.75) is 37.9 Å². The van der Waals surface area contributed by atoms with E-state index >= 15 is 0 Å². The molecular formula is C27H26ClIN4OS. The van der Waals surface area contributed by atoms with Crippen molar-refractivity contribution >= 4 is 57.5 Å². The number of amides is 1. The predicted molar refractivity (Wildman–Crippen MR) is 152 cm³/mol. The molecule has 0 atom stereocenters. The highest BCUT2D eigenvalue weighted by molar-refractivity contribution is 14.1. The topological polar surface area (TPSA) is 59.8 Å². The molecular weight excluding hydrogens is 591 g/mol. The van der Waals surface area contributed by atoms with Gasteiger partial charge in [0, 0.05) is 20.7 Å². The largest absolute Gasteiger partial charge is 0.325 e. The number of thioether (sulfide) groups is 1. The number of aromatic nitrogens is 3. The number of nitrogens with zero attached hydrogens (tertiary/aromatic N) is 3. The number of carbonyl (C=O) groups excluding carboxylic acids is 1. The average Bonchev–Trinajstić information content (AvgIpc) is 3.21. The summed E-state index contributed by atoms with van der Waals surface area (Å²) in [5.41, 5.74) is 4.24. The Bertz CT molecular complexity index is 1290. The van der Waals surface area contributed by atoms with Crippen LogP contribution in [0, 0.1) is 3.57 Å². The molecule has 0 radical (unpaired) electrons. The molecule has 0 saturated heterocycles. The molecule has 8 heteroatoms. The molecule has 4 rings (SSSR count). The minimum Gasteiger partial charge on any atom is -0.325 e. The molecule has 1 heterocycles. The van der Waals surface area contributed by atoms with Gasteiger partial charge in [0.15, 0.2) is 5.16 Å². The Kier molecular flexibility index (Phi) is 8.86. The lowest BCUT2D eigenvalue weighted by molar-refractivity contribution is -0.113. The van der Waals surface area contributed by atoms with Crippen LogP contribution in [0.5, 0.6) is 0 Å². The van der Waals surface area contributed by atoms with E-state index in [1.807, 2.05) is 54.6 Å². The van der Waals surface area contributed by atoms with Crippen molar-refractivity contribution < 1.29 is 4.79 Å². The first kappa shape index (κ1) is 25.7. The predicted octanol–water partition coefficient (Wildman–Crippen LogP) is 7.03. The Morgan fingerprint density at radius 1 is 1.03 bits per heavy atom. The van der Waals surface area contributed by atoms with Crippen molar-refractivity contribution in [3.63, 3.8) is 0 Å². The van der Waals surface area contributed by atoms with Gasteiger partial charge in [0.25, 0.3) is 0 Å². The summed E-state index contributed by atoms with van der Waals surface area (Å²) in [5.74, 6) is 1.35. The van der Waals surface area contributed by atoms with E-state index in [-0.39, 0.29) is 11.7 Å². The Morgan fingerprint density at radius 3 is 2.49 bits per heavy atom. The van der Waals surface area contributed by atoms with E-state index < -0.39 is 0 Å². The van der Waals surface area contributed by atoms with E-state index in [1.165, 1.54) is 11.8 Å². The van der Waals surface area contributed by atoms with Crippen molar-refractivity contribution in [3.8, 4) is 0 Å². The quantitative estimate of drug-likeness (QED) is 0.162. The molecule has 0 aliphatic heterocycles. The number of hydrogen-bond donors (Lipinski definition) is 1. The van der Waals surface area contributed by atoms with Gasteiger partial charge in [-0.1, -0.05) is 79.7 Å². The van der Waals surface area contributed by atoms with Gasteiger partial charge in [-0.2, -0.15) is 0 Å². The lowest BCUT2D eigenvalue weighted by Crippen LogP contribution is -2.16. The van der Waals surface area contributed by atoms with Gasteiger partial charge < -0.3 is 9.88 Å². The highest BCUT2D eigenvalue weighted by Crippen LogP contribution is 2.27. The lowest BCUT2D eigenvalue weighted by atomic mass is 10.0. The van der Waals surface area contributed by atoms with Crippen LogP contribution in [-0.2, 0) is 17.8 Å². The molecule has 0 aliphatic rings.